The number of sulfonamides is 1. The van der Waals surface area contributed by atoms with Gasteiger partial charge in [-0.3, -0.25) is 4.79 Å². The summed E-state index contributed by atoms with van der Waals surface area (Å²) in [5.41, 5.74) is 0.525. The minimum absolute atomic E-state index is 0.139. The average Bonchev–Trinajstić information content (AvgIpc) is 2.74. The molecule has 1 aliphatic carbocycles. The van der Waals surface area contributed by atoms with Crippen molar-refractivity contribution < 1.29 is 17.9 Å². The fourth-order valence-corrected chi connectivity index (χ4v) is 5.47. The number of amides is 1. The van der Waals surface area contributed by atoms with Gasteiger partial charge in [0.2, 0.25) is 15.9 Å². The number of ether oxygens (including phenoxy) is 1. The van der Waals surface area contributed by atoms with Crippen LogP contribution in [0.5, 0.6) is 5.75 Å². The second-order valence-corrected chi connectivity index (χ2v) is 9.60. The largest absolute Gasteiger partial charge is 0.492 e. The molecule has 0 saturated heterocycles. The van der Waals surface area contributed by atoms with Gasteiger partial charge in [0.15, 0.2) is 0 Å². The molecule has 1 amide bonds. The Balaban J connectivity index is 1.84. The lowest BCUT2D eigenvalue weighted by molar-refractivity contribution is -0.116. The lowest BCUT2D eigenvalue weighted by Gasteiger charge is -2.33. The number of rotatable bonds is 8. The normalized spacial score (nSPS) is 15.2. The van der Waals surface area contributed by atoms with E-state index in [2.05, 4.69) is 5.32 Å². The molecule has 30 heavy (non-hydrogen) atoms. The van der Waals surface area contributed by atoms with Gasteiger partial charge < -0.3 is 10.1 Å². The van der Waals surface area contributed by atoms with E-state index in [-0.39, 0.29) is 17.5 Å². The van der Waals surface area contributed by atoms with Crippen LogP contribution >= 0.6 is 11.6 Å². The van der Waals surface area contributed by atoms with Crippen molar-refractivity contribution in [2.45, 2.75) is 50.0 Å². The molecule has 3 rings (SSSR count). The predicted molar refractivity (Wildman–Crippen MR) is 118 cm³/mol. The molecule has 162 valence electrons. The van der Waals surface area contributed by atoms with Crippen molar-refractivity contribution in [1.29, 1.82) is 0 Å². The molecule has 1 fully saturated rings. The molecule has 8 heteroatoms. The second kappa shape index (κ2) is 10.3. The highest BCUT2D eigenvalue weighted by molar-refractivity contribution is 7.89. The smallest absolute Gasteiger partial charge is 0.243 e. The highest BCUT2D eigenvalue weighted by atomic mass is 35.5. The van der Waals surface area contributed by atoms with Crippen molar-refractivity contribution in [3.05, 3.63) is 53.6 Å². The SMILES string of the molecule is CCOc1ccccc1NC(=O)CN(C1CCCCC1)S(=O)(=O)c1ccc(Cl)cc1. The first-order valence-electron chi connectivity index (χ1n) is 10.2. The van der Waals surface area contributed by atoms with E-state index in [1.165, 1.54) is 16.4 Å². The molecule has 0 radical (unpaired) electrons. The Bertz CT molecular complexity index is 957. The van der Waals surface area contributed by atoms with E-state index in [1.54, 1.807) is 30.3 Å². The fourth-order valence-electron chi connectivity index (χ4n) is 3.70. The van der Waals surface area contributed by atoms with Crippen molar-refractivity contribution in [2.24, 2.45) is 0 Å². The lowest BCUT2D eigenvalue weighted by Crippen LogP contribution is -2.45. The summed E-state index contributed by atoms with van der Waals surface area (Å²) in [6.07, 6.45) is 4.47. The Morgan fingerprint density at radius 1 is 1.10 bits per heavy atom. The molecular weight excluding hydrogens is 424 g/mol. The standard InChI is InChI=1S/C22H27ClN2O4S/c1-2-29-21-11-7-6-10-20(21)24-22(26)16-25(18-8-4-3-5-9-18)30(27,28)19-14-12-17(23)13-15-19/h6-7,10-15,18H,2-5,8-9,16H2,1H3,(H,24,26). The van der Waals surface area contributed by atoms with E-state index in [1.807, 2.05) is 13.0 Å². The first kappa shape index (κ1) is 22.6. The van der Waals surface area contributed by atoms with E-state index < -0.39 is 15.9 Å². The third-order valence-corrected chi connectivity index (χ3v) is 7.33. The number of para-hydroxylation sites is 2. The quantitative estimate of drug-likeness (QED) is 0.632. The van der Waals surface area contributed by atoms with E-state index in [4.69, 9.17) is 16.3 Å². The molecule has 1 saturated carbocycles. The van der Waals surface area contributed by atoms with Gasteiger partial charge in [0, 0.05) is 11.1 Å². The molecule has 0 spiro atoms. The number of nitrogens with zero attached hydrogens (tertiary/aromatic N) is 1. The maximum atomic E-state index is 13.4. The third-order valence-electron chi connectivity index (χ3n) is 5.16. The molecule has 0 atom stereocenters. The van der Waals surface area contributed by atoms with Gasteiger partial charge in [0.05, 0.1) is 23.7 Å². The molecule has 0 heterocycles. The zero-order valence-electron chi connectivity index (χ0n) is 17.0. The van der Waals surface area contributed by atoms with Crippen LogP contribution in [0, 0.1) is 0 Å². The number of hydrogen-bond acceptors (Lipinski definition) is 4. The zero-order valence-corrected chi connectivity index (χ0v) is 18.6. The Morgan fingerprint density at radius 2 is 1.77 bits per heavy atom. The van der Waals surface area contributed by atoms with Crippen LogP contribution in [0.15, 0.2) is 53.4 Å². The summed E-state index contributed by atoms with van der Waals surface area (Å²) in [7, 11) is -3.84. The number of carbonyl (C=O) groups excluding carboxylic acids is 1. The summed E-state index contributed by atoms with van der Waals surface area (Å²) < 4.78 is 33.6. The Labute approximate surface area is 183 Å². The van der Waals surface area contributed by atoms with Crippen molar-refractivity contribution in [3.8, 4) is 5.75 Å². The second-order valence-electron chi connectivity index (χ2n) is 7.27. The van der Waals surface area contributed by atoms with Crippen LogP contribution in [-0.2, 0) is 14.8 Å². The van der Waals surface area contributed by atoms with Crippen LogP contribution < -0.4 is 10.1 Å². The minimum atomic E-state index is -3.84. The van der Waals surface area contributed by atoms with Crippen LogP contribution in [0.4, 0.5) is 5.69 Å². The van der Waals surface area contributed by atoms with Gasteiger partial charge >= 0.3 is 0 Å². The van der Waals surface area contributed by atoms with Gasteiger partial charge in [0.25, 0.3) is 0 Å². The van der Waals surface area contributed by atoms with Gasteiger partial charge in [-0.2, -0.15) is 4.31 Å². The van der Waals surface area contributed by atoms with Crippen LogP contribution in [0.25, 0.3) is 0 Å². The Kier molecular flexibility index (Phi) is 7.75. The first-order chi connectivity index (χ1) is 14.4. The third kappa shape index (κ3) is 5.53. The number of carbonyl (C=O) groups is 1. The molecule has 1 aliphatic rings. The highest BCUT2D eigenvalue weighted by Gasteiger charge is 2.34. The number of anilines is 1. The lowest BCUT2D eigenvalue weighted by atomic mass is 9.95. The summed E-state index contributed by atoms with van der Waals surface area (Å²) >= 11 is 5.92. The molecule has 2 aromatic carbocycles. The van der Waals surface area contributed by atoms with E-state index in [0.29, 0.717) is 23.1 Å². The first-order valence-corrected chi connectivity index (χ1v) is 12.0. The summed E-state index contributed by atoms with van der Waals surface area (Å²) in [4.78, 5) is 13.0. The maximum absolute atomic E-state index is 13.4. The average molecular weight is 451 g/mol. The van der Waals surface area contributed by atoms with Crippen molar-refractivity contribution >= 4 is 33.2 Å². The van der Waals surface area contributed by atoms with E-state index >= 15 is 0 Å². The highest BCUT2D eigenvalue weighted by Crippen LogP contribution is 2.29. The minimum Gasteiger partial charge on any atom is -0.492 e. The predicted octanol–water partition coefficient (Wildman–Crippen LogP) is 4.70. The molecule has 1 N–H and O–H groups in total. The van der Waals surface area contributed by atoms with Crippen LogP contribution in [0.2, 0.25) is 5.02 Å². The van der Waals surface area contributed by atoms with Crippen LogP contribution in [0.1, 0.15) is 39.0 Å². The Morgan fingerprint density at radius 3 is 2.43 bits per heavy atom. The maximum Gasteiger partial charge on any atom is 0.243 e. The summed E-state index contributed by atoms with van der Waals surface area (Å²) in [5.74, 6) is 0.156. The molecule has 6 nitrogen and oxygen atoms in total. The van der Waals surface area contributed by atoms with Crippen molar-refractivity contribution in [2.75, 3.05) is 18.5 Å². The summed E-state index contributed by atoms with van der Waals surface area (Å²) in [6, 6.07) is 13.0. The summed E-state index contributed by atoms with van der Waals surface area (Å²) in [5, 5.41) is 3.27. The molecule has 0 unspecified atom stereocenters. The van der Waals surface area contributed by atoms with E-state index in [0.717, 1.165) is 32.1 Å². The summed E-state index contributed by atoms with van der Waals surface area (Å²) in [6.45, 7) is 2.07. The van der Waals surface area contributed by atoms with Crippen LogP contribution in [0.3, 0.4) is 0 Å². The van der Waals surface area contributed by atoms with Gasteiger partial charge in [-0.15, -0.1) is 0 Å². The van der Waals surface area contributed by atoms with Gasteiger partial charge in [0.1, 0.15) is 5.75 Å². The van der Waals surface area contributed by atoms with Gasteiger partial charge in [-0.05, 0) is 56.2 Å². The van der Waals surface area contributed by atoms with Crippen molar-refractivity contribution in [1.82, 2.24) is 4.31 Å². The topological polar surface area (TPSA) is 75.7 Å². The number of hydrogen-bond donors (Lipinski definition) is 1. The number of halogens is 1. The van der Waals surface area contributed by atoms with Gasteiger partial charge in [-0.25, -0.2) is 8.42 Å². The zero-order chi connectivity index (χ0) is 21.6. The van der Waals surface area contributed by atoms with Crippen molar-refractivity contribution in [3.63, 3.8) is 0 Å². The number of nitrogens with one attached hydrogen (secondary N) is 1. The molecule has 0 bridgehead atoms. The molecule has 0 aromatic heterocycles. The van der Waals surface area contributed by atoms with E-state index in [9.17, 15) is 13.2 Å². The molecular formula is C22H27ClN2O4S. The fraction of sp³-hybridized carbons (Fsp3) is 0.409. The molecule has 0 aliphatic heterocycles. The Hall–Kier alpha value is -2.09. The monoisotopic (exact) mass is 450 g/mol. The van der Waals surface area contributed by atoms with Crippen LogP contribution in [-0.4, -0.2) is 37.8 Å². The number of benzene rings is 2. The molecule has 2 aromatic rings. The van der Waals surface area contributed by atoms with Gasteiger partial charge in [-0.1, -0.05) is 43.0 Å².